The van der Waals surface area contributed by atoms with Crippen LogP contribution in [-0.4, -0.2) is 9.97 Å². The largest absolute Gasteiger partial charge is 0.393 e. The van der Waals surface area contributed by atoms with Crippen molar-refractivity contribution in [2.45, 2.75) is 19.8 Å². The van der Waals surface area contributed by atoms with Crippen LogP contribution >= 0.6 is 23.2 Å². The van der Waals surface area contributed by atoms with Gasteiger partial charge in [-0.05, 0) is 41.8 Å². The molecule has 2 aromatic carbocycles. The maximum atomic E-state index is 6.22. The minimum Gasteiger partial charge on any atom is -0.393 e. The van der Waals surface area contributed by atoms with Crippen molar-refractivity contribution in [3.05, 3.63) is 64.4 Å². The monoisotopic (exact) mass is 387 g/mol. The SMILES string of the molecule is CC(C)c1ccc(Nc2ncnc(Nc3cc(Cl)cc(Cl)c3)c2N)cc1. The lowest BCUT2D eigenvalue weighted by atomic mass is 10.0. The molecule has 0 aliphatic carbocycles. The summed E-state index contributed by atoms with van der Waals surface area (Å²) in [6.07, 6.45) is 1.44. The fraction of sp³-hybridized carbons (Fsp3) is 0.158. The molecule has 0 fully saturated rings. The Bertz CT molecular complexity index is 890. The van der Waals surface area contributed by atoms with Gasteiger partial charge in [0.15, 0.2) is 11.6 Å². The van der Waals surface area contributed by atoms with Crippen molar-refractivity contribution in [3.63, 3.8) is 0 Å². The Morgan fingerprint density at radius 2 is 1.38 bits per heavy atom. The molecule has 0 radical (unpaired) electrons. The first-order valence-corrected chi connectivity index (χ1v) is 8.88. The number of nitrogens with zero attached hydrogens (tertiary/aromatic N) is 2. The lowest BCUT2D eigenvalue weighted by Gasteiger charge is -2.13. The van der Waals surface area contributed by atoms with Crippen molar-refractivity contribution < 1.29 is 0 Å². The molecular formula is C19H19Cl2N5. The zero-order valence-corrected chi connectivity index (χ0v) is 15.9. The zero-order valence-electron chi connectivity index (χ0n) is 14.4. The average molecular weight is 388 g/mol. The van der Waals surface area contributed by atoms with Crippen LogP contribution in [-0.2, 0) is 0 Å². The standard InChI is InChI=1S/C19H19Cl2N5/c1-11(2)12-3-5-15(6-4-12)25-18-17(22)19(24-10-23-18)26-16-8-13(20)7-14(21)9-16/h3-11H,22H2,1-2H3,(H2,23,24,25,26). The fourth-order valence-electron chi connectivity index (χ4n) is 2.45. The molecule has 0 amide bonds. The van der Waals surface area contributed by atoms with E-state index in [0.29, 0.717) is 39.0 Å². The maximum Gasteiger partial charge on any atom is 0.159 e. The molecule has 4 N–H and O–H groups in total. The summed E-state index contributed by atoms with van der Waals surface area (Å²) in [5.41, 5.74) is 9.48. The van der Waals surface area contributed by atoms with E-state index in [4.69, 9.17) is 28.9 Å². The number of nitrogen functional groups attached to an aromatic ring is 1. The number of hydrogen-bond acceptors (Lipinski definition) is 5. The Morgan fingerprint density at radius 1 is 0.846 bits per heavy atom. The van der Waals surface area contributed by atoms with E-state index in [0.717, 1.165) is 5.69 Å². The summed E-state index contributed by atoms with van der Waals surface area (Å²) < 4.78 is 0. The molecule has 0 bridgehead atoms. The smallest absolute Gasteiger partial charge is 0.159 e. The molecule has 0 spiro atoms. The molecule has 0 saturated carbocycles. The van der Waals surface area contributed by atoms with E-state index in [1.807, 2.05) is 12.1 Å². The summed E-state index contributed by atoms with van der Waals surface area (Å²) in [4.78, 5) is 8.43. The predicted octanol–water partition coefficient (Wildman–Crippen LogP) is 5.98. The van der Waals surface area contributed by atoms with Gasteiger partial charge in [-0.3, -0.25) is 0 Å². The van der Waals surface area contributed by atoms with Gasteiger partial charge in [0.1, 0.15) is 12.0 Å². The summed E-state index contributed by atoms with van der Waals surface area (Å²) in [5, 5.41) is 7.39. The molecule has 7 heteroatoms. The fourth-order valence-corrected chi connectivity index (χ4v) is 2.97. The normalized spacial score (nSPS) is 10.8. The maximum absolute atomic E-state index is 6.22. The minimum atomic E-state index is 0.400. The summed E-state index contributed by atoms with van der Waals surface area (Å²) in [7, 11) is 0. The van der Waals surface area contributed by atoms with Gasteiger partial charge in [0, 0.05) is 21.4 Å². The minimum absolute atomic E-state index is 0.400. The Kier molecular flexibility index (Phi) is 5.49. The van der Waals surface area contributed by atoms with Crippen molar-refractivity contribution >= 4 is 51.9 Å². The Labute approximate surface area is 162 Å². The van der Waals surface area contributed by atoms with Crippen LogP contribution in [0, 0.1) is 0 Å². The number of halogens is 2. The van der Waals surface area contributed by atoms with Gasteiger partial charge in [-0.25, -0.2) is 9.97 Å². The van der Waals surface area contributed by atoms with Gasteiger partial charge >= 0.3 is 0 Å². The number of benzene rings is 2. The Morgan fingerprint density at radius 3 is 1.92 bits per heavy atom. The van der Waals surface area contributed by atoms with Gasteiger partial charge in [-0.15, -0.1) is 0 Å². The summed E-state index contributed by atoms with van der Waals surface area (Å²) >= 11 is 12.1. The summed E-state index contributed by atoms with van der Waals surface area (Å²) in [6.45, 7) is 4.32. The molecule has 5 nitrogen and oxygen atoms in total. The first kappa shape index (κ1) is 18.3. The van der Waals surface area contributed by atoms with Crippen LogP contribution in [0.2, 0.25) is 10.0 Å². The highest BCUT2D eigenvalue weighted by molar-refractivity contribution is 6.35. The van der Waals surface area contributed by atoms with Crippen LogP contribution < -0.4 is 16.4 Å². The third kappa shape index (κ3) is 4.36. The highest BCUT2D eigenvalue weighted by atomic mass is 35.5. The number of nitrogens with one attached hydrogen (secondary N) is 2. The molecule has 26 heavy (non-hydrogen) atoms. The molecular weight excluding hydrogens is 369 g/mol. The van der Waals surface area contributed by atoms with Crippen molar-refractivity contribution in [2.24, 2.45) is 0 Å². The molecule has 0 saturated heterocycles. The van der Waals surface area contributed by atoms with Crippen molar-refractivity contribution in [1.82, 2.24) is 9.97 Å². The van der Waals surface area contributed by atoms with Crippen LogP contribution in [0.1, 0.15) is 25.3 Å². The zero-order chi connectivity index (χ0) is 18.7. The number of nitrogens with two attached hydrogens (primary N) is 1. The average Bonchev–Trinajstić information content (AvgIpc) is 2.58. The van der Waals surface area contributed by atoms with Gasteiger partial charge in [-0.1, -0.05) is 49.2 Å². The Hall–Kier alpha value is -2.50. The van der Waals surface area contributed by atoms with E-state index in [1.54, 1.807) is 18.2 Å². The first-order valence-electron chi connectivity index (χ1n) is 8.13. The van der Waals surface area contributed by atoms with Crippen LogP contribution in [0.5, 0.6) is 0 Å². The molecule has 0 aliphatic rings. The van der Waals surface area contributed by atoms with Crippen LogP contribution in [0.3, 0.4) is 0 Å². The highest BCUT2D eigenvalue weighted by Gasteiger charge is 2.10. The summed E-state index contributed by atoms with van der Waals surface area (Å²) in [6, 6.07) is 13.3. The second-order valence-electron chi connectivity index (χ2n) is 6.17. The lowest BCUT2D eigenvalue weighted by Crippen LogP contribution is -2.05. The molecule has 0 aliphatic heterocycles. The molecule has 1 aromatic heterocycles. The molecule has 1 heterocycles. The van der Waals surface area contributed by atoms with E-state index in [9.17, 15) is 0 Å². The van der Waals surface area contributed by atoms with E-state index in [-0.39, 0.29) is 0 Å². The molecule has 3 aromatic rings. The Balaban J connectivity index is 1.82. The second-order valence-corrected chi connectivity index (χ2v) is 7.04. The lowest BCUT2D eigenvalue weighted by molar-refractivity contribution is 0.867. The van der Waals surface area contributed by atoms with Gasteiger partial charge in [0.2, 0.25) is 0 Å². The highest BCUT2D eigenvalue weighted by Crippen LogP contribution is 2.30. The van der Waals surface area contributed by atoms with Crippen molar-refractivity contribution in [1.29, 1.82) is 0 Å². The number of rotatable bonds is 5. The van der Waals surface area contributed by atoms with Gasteiger partial charge in [0.05, 0.1) is 0 Å². The molecule has 0 unspecified atom stereocenters. The van der Waals surface area contributed by atoms with Crippen LogP contribution in [0.4, 0.5) is 28.7 Å². The van der Waals surface area contributed by atoms with Crippen molar-refractivity contribution in [2.75, 3.05) is 16.4 Å². The third-order valence-corrected chi connectivity index (χ3v) is 4.29. The second kappa shape index (κ2) is 7.81. The third-order valence-electron chi connectivity index (χ3n) is 3.85. The van der Waals surface area contributed by atoms with Crippen LogP contribution in [0.25, 0.3) is 0 Å². The van der Waals surface area contributed by atoms with Crippen molar-refractivity contribution in [3.8, 4) is 0 Å². The van der Waals surface area contributed by atoms with Gasteiger partial charge in [0.25, 0.3) is 0 Å². The van der Waals surface area contributed by atoms with Gasteiger partial charge < -0.3 is 16.4 Å². The topological polar surface area (TPSA) is 75.9 Å². The molecule has 3 rings (SSSR count). The number of aromatic nitrogens is 2. The van der Waals surface area contributed by atoms with E-state index >= 15 is 0 Å². The number of anilines is 5. The number of hydrogen-bond donors (Lipinski definition) is 3. The predicted molar refractivity (Wildman–Crippen MR) is 110 cm³/mol. The van der Waals surface area contributed by atoms with Gasteiger partial charge in [-0.2, -0.15) is 0 Å². The molecule has 134 valence electrons. The van der Waals surface area contributed by atoms with Crippen LogP contribution in [0.15, 0.2) is 48.8 Å². The quantitative estimate of drug-likeness (QED) is 0.502. The van der Waals surface area contributed by atoms with E-state index in [2.05, 4.69) is 46.6 Å². The summed E-state index contributed by atoms with van der Waals surface area (Å²) in [5.74, 6) is 1.47. The van der Waals surface area contributed by atoms with E-state index in [1.165, 1.54) is 11.9 Å². The molecule has 0 atom stereocenters. The first-order chi connectivity index (χ1) is 12.4. The van der Waals surface area contributed by atoms with E-state index < -0.39 is 0 Å².